The van der Waals surface area contributed by atoms with Crippen LogP contribution in [0.25, 0.3) is 0 Å². The van der Waals surface area contributed by atoms with Gasteiger partial charge in [0.05, 0.1) is 6.61 Å². The molecule has 2 heteroatoms. The molecule has 0 fully saturated rings. The normalized spacial score (nSPS) is 18.4. The molecule has 2 unspecified atom stereocenters. The molecule has 21 heavy (non-hydrogen) atoms. The zero-order valence-corrected chi connectivity index (χ0v) is 12.8. The van der Waals surface area contributed by atoms with E-state index in [0.29, 0.717) is 12.5 Å². The lowest BCUT2D eigenvalue weighted by molar-refractivity contribution is 0.315. The number of fused-ring (bicyclic) bond motifs is 1. The van der Waals surface area contributed by atoms with Gasteiger partial charge in [-0.15, -0.1) is 0 Å². The Morgan fingerprint density at radius 3 is 2.76 bits per heavy atom. The molecular weight excluding hydrogens is 258 g/mol. The molecule has 2 atom stereocenters. The fourth-order valence-corrected chi connectivity index (χ4v) is 3.12. The summed E-state index contributed by atoms with van der Waals surface area (Å²) >= 11 is 0. The molecule has 0 saturated carbocycles. The highest BCUT2D eigenvalue weighted by atomic mass is 16.5. The van der Waals surface area contributed by atoms with Crippen LogP contribution < -0.4 is 10.5 Å². The first kappa shape index (κ1) is 14.2. The molecule has 0 aromatic heterocycles. The van der Waals surface area contributed by atoms with Crippen LogP contribution in [0.5, 0.6) is 5.75 Å². The van der Waals surface area contributed by atoms with Gasteiger partial charge in [-0.05, 0) is 29.5 Å². The first-order valence-corrected chi connectivity index (χ1v) is 7.71. The van der Waals surface area contributed by atoms with Crippen molar-refractivity contribution in [2.75, 3.05) is 6.61 Å². The molecule has 110 valence electrons. The summed E-state index contributed by atoms with van der Waals surface area (Å²) in [4.78, 5) is 0. The van der Waals surface area contributed by atoms with Crippen molar-refractivity contribution in [3.63, 3.8) is 0 Å². The van der Waals surface area contributed by atoms with E-state index in [1.807, 2.05) is 12.1 Å². The first-order chi connectivity index (χ1) is 10.1. The Hall–Kier alpha value is -1.80. The van der Waals surface area contributed by atoms with E-state index in [9.17, 15) is 0 Å². The Balaban J connectivity index is 1.84. The molecule has 1 aliphatic heterocycles. The molecule has 0 amide bonds. The van der Waals surface area contributed by atoms with Gasteiger partial charge in [-0.1, -0.05) is 56.3 Å². The number of nitrogens with two attached hydrogens (primary N) is 1. The van der Waals surface area contributed by atoms with E-state index >= 15 is 0 Å². The molecule has 2 N–H and O–H groups in total. The summed E-state index contributed by atoms with van der Waals surface area (Å²) in [6.45, 7) is 5.16. The second-order valence-electron chi connectivity index (χ2n) is 6.32. The van der Waals surface area contributed by atoms with Gasteiger partial charge in [0.2, 0.25) is 0 Å². The third kappa shape index (κ3) is 2.96. The lowest BCUT2D eigenvalue weighted by atomic mass is 9.88. The van der Waals surface area contributed by atoms with Gasteiger partial charge in [-0.3, -0.25) is 0 Å². The molecule has 1 heterocycles. The van der Waals surface area contributed by atoms with Gasteiger partial charge in [-0.25, -0.2) is 0 Å². The fourth-order valence-electron chi connectivity index (χ4n) is 3.12. The van der Waals surface area contributed by atoms with Crippen molar-refractivity contribution in [3.8, 4) is 5.75 Å². The van der Waals surface area contributed by atoms with E-state index in [4.69, 9.17) is 10.5 Å². The largest absolute Gasteiger partial charge is 0.493 e. The molecule has 0 bridgehead atoms. The Bertz CT molecular complexity index is 620. The zero-order valence-electron chi connectivity index (χ0n) is 12.8. The highest BCUT2D eigenvalue weighted by molar-refractivity contribution is 5.42. The maximum Gasteiger partial charge on any atom is 0.122 e. The maximum absolute atomic E-state index is 6.53. The quantitative estimate of drug-likeness (QED) is 0.917. The van der Waals surface area contributed by atoms with Crippen LogP contribution in [-0.2, 0) is 6.42 Å². The smallest absolute Gasteiger partial charge is 0.122 e. The highest BCUT2D eigenvalue weighted by Crippen LogP contribution is 2.40. The average molecular weight is 281 g/mol. The number of rotatable bonds is 4. The molecule has 0 spiro atoms. The molecule has 0 saturated heterocycles. The van der Waals surface area contributed by atoms with Gasteiger partial charge in [0.25, 0.3) is 0 Å². The first-order valence-electron chi connectivity index (χ1n) is 7.71. The summed E-state index contributed by atoms with van der Waals surface area (Å²) < 4.78 is 5.77. The molecule has 0 aliphatic carbocycles. The van der Waals surface area contributed by atoms with Crippen LogP contribution >= 0.6 is 0 Å². The summed E-state index contributed by atoms with van der Waals surface area (Å²) in [6, 6.07) is 16.9. The van der Waals surface area contributed by atoms with Gasteiger partial charge in [0, 0.05) is 17.5 Å². The Morgan fingerprint density at radius 2 is 1.95 bits per heavy atom. The van der Waals surface area contributed by atoms with Crippen molar-refractivity contribution in [2.24, 2.45) is 11.7 Å². The van der Waals surface area contributed by atoms with Crippen LogP contribution in [0.15, 0.2) is 48.5 Å². The summed E-state index contributed by atoms with van der Waals surface area (Å²) in [5.41, 5.74) is 10.3. The highest BCUT2D eigenvalue weighted by Gasteiger charge is 2.29. The van der Waals surface area contributed by atoms with Crippen molar-refractivity contribution in [1.29, 1.82) is 0 Å². The third-order valence-corrected chi connectivity index (χ3v) is 4.15. The molecule has 2 nitrogen and oxygen atoms in total. The second kappa shape index (κ2) is 5.90. The fraction of sp³-hybridized carbons (Fsp3) is 0.368. The number of benzene rings is 2. The van der Waals surface area contributed by atoms with Gasteiger partial charge >= 0.3 is 0 Å². The van der Waals surface area contributed by atoms with Crippen molar-refractivity contribution >= 4 is 0 Å². The van der Waals surface area contributed by atoms with Gasteiger partial charge in [0.15, 0.2) is 0 Å². The minimum atomic E-state index is -0.0132. The summed E-state index contributed by atoms with van der Waals surface area (Å²) in [5, 5.41) is 0. The molecular formula is C19H23NO. The Kier molecular flexibility index (Phi) is 3.98. The Morgan fingerprint density at radius 1 is 1.14 bits per heavy atom. The second-order valence-corrected chi connectivity index (χ2v) is 6.32. The van der Waals surface area contributed by atoms with E-state index in [1.54, 1.807) is 0 Å². The van der Waals surface area contributed by atoms with Crippen LogP contribution in [0.3, 0.4) is 0 Å². The minimum absolute atomic E-state index is 0.0132. The molecule has 3 rings (SSSR count). The number of hydrogen-bond acceptors (Lipinski definition) is 2. The van der Waals surface area contributed by atoms with E-state index in [0.717, 1.165) is 12.2 Å². The predicted octanol–water partition coefficient (Wildman–Crippen LogP) is 4.06. The lowest BCUT2D eigenvalue weighted by Crippen LogP contribution is -2.21. The number of para-hydroxylation sites is 1. The third-order valence-electron chi connectivity index (χ3n) is 4.15. The van der Waals surface area contributed by atoms with Crippen molar-refractivity contribution < 1.29 is 4.74 Å². The monoisotopic (exact) mass is 281 g/mol. The summed E-state index contributed by atoms with van der Waals surface area (Å²) in [5.74, 6) is 1.89. The standard InChI is InChI=1S/C19H23NO/c1-13(2)10-14-6-5-7-15(11-14)19(20)17-12-21-18-9-4-3-8-16(17)18/h3-9,11,13,17,19H,10,12,20H2,1-2H3. The summed E-state index contributed by atoms with van der Waals surface area (Å²) in [6.07, 6.45) is 1.10. The van der Waals surface area contributed by atoms with Crippen LogP contribution in [0.4, 0.5) is 0 Å². The lowest BCUT2D eigenvalue weighted by Gasteiger charge is -2.20. The average Bonchev–Trinajstić information content (AvgIpc) is 2.90. The zero-order chi connectivity index (χ0) is 14.8. The SMILES string of the molecule is CC(C)Cc1cccc(C(N)C2COc3ccccc32)c1. The van der Waals surface area contributed by atoms with Crippen LogP contribution in [0.1, 0.15) is 42.5 Å². The van der Waals surface area contributed by atoms with Crippen molar-refractivity contribution in [3.05, 3.63) is 65.2 Å². The van der Waals surface area contributed by atoms with Gasteiger partial charge in [-0.2, -0.15) is 0 Å². The number of hydrogen-bond donors (Lipinski definition) is 1. The minimum Gasteiger partial charge on any atom is -0.493 e. The molecule has 2 aromatic carbocycles. The van der Waals surface area contributed by atoms with E-state index in [1.165, 1.54) is 16.7 Å². The Labute approximate surface area is 126 Å². The topological polar surface area (TPSA) is 35.2 Å². The van der Waals surface area contributed by atoms with Crippen LogP contribution in [0, 0.1) is 5.92 Å². The van der Waals surface area contributed by atoms with Gasteiger partial charge < -0.3 is 10.5 Å². The van der Waals surface area contributed by atoms with E-state index in [-0.39, 0.29) is 12.0 Å². The van der Waals surface area contributed by atoms with E-state index in [2.05, 4.69) is 50.2 Å². The summed E-state index contributed by atoms with van der Waals surface area (Å²) in [7, 11) is 0. The molecule has 1 aliphatic rings. The van der Waals surface area contributed by atoms with Crippen molar-refractivity contribution in [2.45, 2.75) is 32.2 Å². The predicted molar refractivity (Wildman–Crippen MR) is 86.6 cm³/mol. The maximum atomic E-state index is 6.53. The molecule has 0 radical (unpaired) electrons. The number of ether oxygens (including phenoxy) is 1. The van der Waals surface area contributed by atoms with Gasteiger partial charge in [0.1, 0.15) is 5.75 Å². The van der Waals surface area contributed by atoms with Crippen LogP contribution in [0.2, 0.25) is 0 Å². The molecule has 2 aromatic rings. The van der Waals surface area contributed by atoms with Crippen molar-refractivity contribution in [1.82, 2.24) is 0 Å². The van der Waals surface area contributed by atoms with E-state index < -0.39 is 0 Å². The van der Waals surface area contributed by atoms with Crippen LogP contribution in [-0.4, -0.2) is 6.61 Å².